The Bertz CT molecular complexity index is 603. The molecule has 1 aromatic heterocycles. The molecule has 1 N–H and O–H groups in total. The molecule has 0 aliphatic rings. The highest BCUT2D eigenvalue weighted by molar-refractivity contribution is 9.10. The molecule has 0 saturated heterocycles. The van der Waals surface area contributed by atoms with E-state index in [1.807, 2.05) is 30.5 Å². The van der Waals surface area contributed by atoms with Crippen molar-refractivity contribution in [2.75, 3.05) is 5.32 Å². The van der Waals surface area contributed by atoms with Crippen molar-refractivity contribution in [3.8, 4) is 6.07 Å². The highest BCUT2D eigenvalue weighted by Gasteiger charge is 2.14. The molecule has 0 fully saturated rings. The summed E-state index contributed by atoms with van der Waals surface area (Å²) in [5.74, 6) is 0. The highest BCUT2D eigenvalue weighted by atomic mass is 79.9. The van der Waals surface area contributed by atoms with Crippen LogP contribution in [-0.2, 0) is 0 Å². The number of aryl methyl sites for hydroxylation is 1. The van der Waals surface area contributed by atoms with E-state index in [0.29, 0.717) is 5.02 Å². The molecular formula is C13H10BrClN2S. The lowest BCUT2D eigenvalue weighted by atomic mass is 10.1. The number of nitriles is 1. The van der Waals surface area contributed by atoms with Crippen LogP contribution in [0.25, 0.3) is 0 Å². The fraction of sp³-hybridized carbons (Fsp3) is 0.154. The molecule has 2 nitrogen and oxygen atoms in total. The highest BCUT2D eigenvalue weighted by Crippen LogP contribution is 2.30. The Labute approximate surface area is 123 Å². The van der Waals surface area contributed by atoms with Gasteiger partial charge in [0.05, 0.1) is 11.1 Å². The van der Waals surface area contributed by atoms with Crippen LogP contribution in [0.3, 0.4) is 0 Å². The van der Waals surface area contributed by atoms with Crippen molar-refractivity contribution in [1.29, 1.82) is 5.26 Å². The molecule has 0 saturated carbocycles. The lowest BCUT2D eigenvalue weighted by molar-refractivity contribution is 1.01. The summed E-state index contributed by atoms with van der Waals surface area (Å²) in [5.41, 5.74) is 2.00. The Morgan fingerprint density at radius 1 is 1.44 bits per heavy atom. The predicted molar refractivity (Wildman–Crippen MR) is 80.2 cm³/mol. The lowest BCUT2D eigenvalue weighted by Crippen LogP contribution is -2.07. The molecule has 18 heavy (non-hydrogen) atoms. The minimum atomic E-state index is -0.335. The first-order valence-corrected chi connectivity index (χ1v) is 7.32. The second-order valence-corrected chi connectivity index (χ2v) is 6.01. The molecule has 92 valence electrons. The van der Waals surface area contributed by atoms with Crippen LogP contribution in [0.1, 0.15) is 16.5 Å². The molecule has 5 heteroatoms. The first-order chi connectivity index (χ1) is 8.61. The van der Waals surface area contributed by atoms with Gasteiger partial charge in [-0.1, -0.05) is 11.6 Å². The second-order valence-electron chi connectivity index (χ2n) is 3.80. The third-order valence-corrected chi connectivity index (χ3v) is 4.82. The maximum absolute atomic E-state index is 9.26. The lowest BCUT2D eigenvalue weighted by Gasteiger charge is -2.13. The van der Waals surface area contributed by atoms with Crippen LogP contribution in [0, 0.1) is 18.3 Å². The van der Waals surface area contributed by atoms with Gasteiger partial charge in [0.25, 0.3) is 0 Å². The van der Waals surface area contributed by atoms with Gasteiger partial charge in [-0.25, -0.2) is 0 Å². The predicted octanol–water partition coefficient (Wildman–Crippen LogP) is 5.15. The first-order valence-electron chi connectivity index (χ1n) is 5.27. The molecule has 1 aromatic carbocycles. The molecule has 0 aliphatic carbocycles. The minimum Gasteiger partial charge on any atom is -0.365 e. The maximum atomic E-state index is 9.26. The standard InChI is InChI=1S/C13H10BrClN2S/c1-8-4-5-18-13(8)12(7-16)17-9-2-3-11(15)10(14)6-9/h2-6,12,17H,1H3. The van der Waals surface area contributed by atoms with Crippen LogP contribution in [0.2, 0.25) is 5.02 Å². The van der Waals surface area contributed by atoms with Gasteiger partial charge >= 0.3 is 0 Å². The molecule has 0 bridgehead atoms. The van der Waals surface area contributed by atoms with Crippen molar-refractivity contribution >= 4 is 44.6 Å². The average Bonchev–Trinajstić information content (AvgIpc) is 2.77. The van der Waals surface area contributed by atoms with E-state index in [4.69, 9.17) is 11.6 Å². The second kappa shape index (κ2) is 5.75. The van der Waals surface area contributed by atoms with Gasteiger partial charge in [-0.3, -0.25) is 0 Å². The summed E-state index contributed by atoms with van der Waals surface area (Å²) in [7, 11) is 0. The Morgan fingerprint density at radius 2 is 2.22 bits per heavy atom. The van der Waals surface area contributed by atoms with Crippen LogP contribution in [0.5, 0.6) is 0 Å². The molecule has 1 heterocycles. The number of thiophene rings is 1. The van der Waals surface area contributed by atoms with Crippen molar-refractivity contribution in [3.05, 3.63) is 49.6 Å². The summed E-state index contributed by atoms with van der Waals surface area (Å²) in [5, 5.41) is 15.1. The zero-order valence-electron chi connectivity index (χ0n) is 9.58. The van der Waals surface area contributed by atoms with E-state index in [1.54, 1.807) is 17.4 Å². The van der Waals surface area contributed by atoms with E-state index in [0.717, 1.165) is 20.6 Å². The number of halogens is 2. The Kier molecular flexibility index (Phi) is 4.28. The summed E-state index contributed by atoms with van der Waals surface area (Å²) in [6.07, 6.45) is 0. The number of benzene rings is 1. The minimum absolute atomic E-state index is 0.335. The number of hydrogen-bond donors (Lipinski definition) is 1. The third-order valence-electron chi connectivity index (χ3n) is 2.52. The summed E-state index contributed by atoms with van der Waals surface area (Å²) >= 11 is 10.9. The SMILES string of the molecule is Cc1ccsc1C(C#N)Nc1ccc(Cl)c(Br)c1. The zero-order valence-corrected chi connectivity index (χ0v) is 12.7. The smallest absolute Gasteiger partial charge is 0.149 e. The van der Waals surface area contributed by atoms with Gasteiger partial charge in [0.2, 0.25) is 0 Å². The molecule has 1 unspecified atom stereocenters. The molecular weight excluding hydrogens is 332 g/mol. The van der Waals surface area contributed by atoms with Crippen molar-refractivity contribution < 1.29 is 0 Å². The van der Waals surface area contributed by atoms with Crippen LogP contribution < -0.4 is 5.32 Å². The summed E-state index contributed by atoms with van der Waals surface area (Å²) in [4.78, 5) is 1.04. The molecule has 2 aromatic rings. The number of anilines is 1. The van der Waals surface area contributed by atoms with E-state index in [-0.39, 0.29) is 6.04 Å². The quantitative estimate of drug-likeness (QED) is 0.838. The molecule has 0 aliphatic heterocycles. The molecule has 0 spiro atoms. The molecule has 0 amide bonds. The fourth-order valence-corrected chi connectivity index (χ4v) is 3.01. The van der Waals surface area contributed by atoms with Gasteiger partial charge in [-0.2, -0.15) is 5.26 Å². The number of nitrogens with one attached hydrogen (secondary N) is 1. The largest absolute Gasteiger partial charge is 0.365 e. The summed E-state index contributed by atoms with van der Waals surface area (Å²) in [6.45, 7) is 2.01. The number of nitrogens with zero attached hydrogens (tertiary/aromatic N) is 1. The Balaban J connectivity index is 2.24. The van der Waals surface area contributed by atoms with Crippen LogP contribution >= 0.6 is 38.9 Å². The van der Waals surface area contributed by atoms with Crippen molar-refractivity contribution in [2.24, 2.45) is 0 Å². The van der Waals surface area contributed by atoms with Crippen molar-refractivity contribution in [2.45, 2.75) is 13.0 Å². The van der Waals surface area contributed by atoms with Gasteiger partial charge < -0.3 is 5.32 Å². The topological polar surface area (TPSA) is 35.8 Å². The molecule has 2 rings (SSSR count). The van der Waals surface area contributed by atoms with Crippen molar-refractivity contribution in [3.63, 3.8) is 0 Å². The van der Waals surface area contributed by atoms with Gasteiger partial charge in [-0.05, 0) is 58.1 Å². The number of rotatable bonds is 3. The van der Waals surface area contributed by atoms with E-state index >= 15 is 0 Å². The van der Waals surface area contributed by atoms with E-state index in [9.17, 15) is 5.26 Å². The fourth-order valence-electron chi connectivity index (χ4n) is 1.59. The Hall–Kier alpha value is -1.02. The van der Waals surface area contributed by atoms with Gasteiger partial charge in [0, 0.05) is 15.0 Å². The average molecular weight is 342 g/mol. The summed E-state index contributed by atoms with van der Waals surface area (Å²) in [6, 6.07) is 9.49. The summed E-state index contributed by atoms with van der Waals surface area (Å²) < 4.78 is 0.814. The van der Waals surface area contributed by atoms with Gasteiger partial charge in [0.15, 0.2) is 0 Å². The van der Waals surface area contributed by atoms with Crippen LogP contribution in [0.15, 0.2) is 34.1 Å². The molecule has 1 atom stereocenters. The zero-order chi connectivity index (χ0) is 13.1. The van der Waals surface area contributed by atoms with Crippen LogP contribution in [0.4, 0.5) is 5.69 Å². The van der Waals surface area contributed by atoms with E-state index < -0.39 is 0 Å². The monoisotopic (exact) mass is 340 g/mol. The van der Waals surface area contributed by atoms with E-state index in [1.165, 1.54) is 0 Å². The first kappa shape index (κ1) is 13.4. The van der Waals surface area contributed by atoms with Crippen LogP contribution in [-0.4, -0.2) is 0 Å². The number of hydrogen-bond acceptors (Lipinski definition) is 3. The Morgan fingerprint density at radius 3 is 2.78 bits per heavy atom. The van der Waals surface area contributed by atoms with E-state index in [2.05, 4.69) is 27.3 Å². The third kappa shape index (κ3) is 2.86. The molecule has 0 radical (unpaired) electrons. The van der Waals surface area contributed by atoms with Gasteiger partial charge in [-0.15, -0.1) is 11.3 Å². The van der Waals surface area contributed by atoms with Crippen molar-refractivity contribution in [1.82, 2.24) is 0 Å². The van der Waals surface area contributed by atoms with Gasteiger partial charge in [0.1, 0.15) is 6.04 Å². The normalized spacial score (nSPS) is 11.9. The maximum Gasteiger partial charge on any atom is 0.149 e.